The van der Waals surface area contributed by atoms with E-state index in [1.165, 1.54) is 0 Å². The van der Waals surface area contributed by atoms with Crippen LogP contribution in [0.3, 0.4) is 0 Å². The van der Waals surface area contributed by atoms with Crippen molar-refractivity contribution in [1.82, 2.24) is 20.5 Å². The molecular formula is C17H28N6O. The number of hydrogen-bond acceptors (Lipinski definition) is 4. The highest BCUT2D eigenvalue weighted by Crippen LogP contribution is 2.18. The molecule has 2 heterocycles. The summed E-state index contributed by atoms with van der Waals surface area (Å²) in [4.78, 5) is 22.6. The monoisotopic (exact) mass is 332 g/mol. The Morgan fingerprint density at radius 3 is 2.83 bits per heavy atom. The van der Waals surface area contributed by atoms with Crippen molar-refractivity contribution in [2.24, 2.45) is 10.9 Å². The first kappa shape index (κ1) is 18.2. The number of nitrogens with one attached hydrogen (secondary N) is 3. The van der Waals surface area contributed by atoms with Gasteiger partial charge in [-0.3, -0.25) is 19.7 Å². The molecule has 7 nitrogen and oxygen atoms in total. The van der Waals surface area contributed by atoms with Gasteiger partial charge in [0.15, 0.2) is 5.96 Å². The lowest BCUT2D eigenvalue weighted by Gasteiger charge is -2.21. The van der Waals surface area contributed by atoms with Crippen LogP contribution in [0.15, 0.2) is 29.5 Å². The molecule has 2 rings (SSSR count). The first-order chi connectivity index (χ1) is 11.5. The van der Waals surface area contributed by atoms with Crippen LogP contribution in [0, 0.1) is 5.92 Å². The van der Waals surface area contributed by atoms with Gasteiger partial charge in [-0.2, -0.15) is 0 Å². The van der Waals surface area contributed by atoms with E-state index >= 15 is 0 Å². The summed E-state index contributed by atoms with van der Waals surface area (Å²) in [6.45, 7) is 8.89. The zero-order chi connectivity index (χ0) is 17.5. The van der Waals surface area contributed by atoms with Gasteiger partial charge >= 0.3 is 0 Å². The summed E-state index contributed by atoms with van der Waals surface area (Å²) >= 11 is 0. The van der Waals surface area contributed by atoms with Gasteiger partial charge in [-0.25, -0.2) is 0 Å². The molecule has 1 amide bonds. The molecule has 1 aromatic rings. The molecule has 0 saturated carbocycles. The van der Waals surface area contributed by atoms with Gasteiger partial charge in [0.2, 0.25) is 5.91 Å². The van der Waals surface area contributed by atoms with E-state index in [0.717, 1.165) is 13.1 Å². The topological polar surface area (TPSA) is 81.6 Å². The van der Waals surface area contributed by atoms with Crippen LogP contribution in [-0.4, -0.2) is 60.5 Å². The molecule has 132 valence electrons. The first-order valence-corrected chi connectivity index (χ1v) is 8.40. The van der Waals surface area contributed by atoms with Crippen LogP contribution in [-0.2, 0) is 4.79 Å². The highest BCUT2D eigenvalue weighted by atomic mass is 16.1. The lowest BCUT2D eigenvalue weighted by Crippen LogP contribution is -2.48. The number of guanidine groups is 1. The van der Waals surface area contributed by atoms with E-state index in [-0.39, 0.29) is 12.5 Å². The second-order valence-corrected chi connectivity index (χ2v) is 6.49. The van der Waals surface area contributed by atoms with Gasteiger partial charge in [-0.1, -0.05) is 6.92 Å². The molecule has 2 unspecified atom stereocenters. The highest BCUT2D eigenvalue weighted by molar-refractivity contribution is 5.94. The predicted octanol–water partition coefficient (Wildman–Crippen LogP) is 0.914. The molecule has 1 aromatic heterocycles. The van der Waals surface area contributed by atoms with E-state index in [4.69, 9.17) is 0 Å². The summed E-state index contributed by atoms with van der Waals surface area (Å²) in [5.74, 6) is 1.06. The highest BCUT2D eigenvalue weighted by Gasteiger charge is 2.31. The predicted molar refractivity (Wildman–Crippen MR) is 97.0 cm³/mol. The van der Waals surface area contributed by atoms with Crippen LogP contribution in [0.4, 0.5) is 5.69 Å². The Hall–Kier alpha value is -2.15. The van der Waals surface area contributed by atoms with Crippen LogP contribution < -0.4 is 16.0 Å². The van der Waals surface area contributed by atoms with E-state index in [2.05, 4.69) is 51.6 Å². The minimum Gasteiger partial charge on any atom is -0.352 e. The third kappa shape index (κ3) is 5.19. The molecule has 1 fully saturated rings. The van der Waals surface area contributed by atoms with Crippen molar-refractivity contribution >= 4 is 17.6 Å². The van der Waals surface area contributed by atoms with Crippen LogP contribution in [0.1, 0.15) is 20.8 Å². The van der Waals surface area contributed by atoms with Crippen molar-refractivity contribution in [3.63, 3.8) is 0 Å². The fraction of sp³-hybridized carbons (Fsp3) is 0.588. The standard InChI is InChI=1S/C17H28N6O/c1-12(2)23-10-13(3)15(11-23)22-17(18-4)20-9-16(24)21-14-6-5-7-19-8-14/h5-8,12-13,15H,9-11H2,1-4H3,(H,21,24)(H2,18,20,22). The van der Waals surface area contributed by atoms with Gasteiger partial charge in [0.1, 0.15) is 0 Å². The number of carbonyl (C=O) groups excluding carboxylic acids is 1. The molecule has 7 heteroatoms. The number of aliphatic imine (C=N–C) groups is 1. The molecule has 0 radical (unpaired) electrons. The Labute approximate surface area is 143 Å². The van der Waals surface area contributed by atoms with Gasteiger partial charge in [0.05, 0.1) is 18.4 Å². The molecule has 0 aromatic carbocycles. The smallest absolute Gasteiger partial charge is 0.243 e. The molecule has 2 atom stereocenters. The molecule has 1 aliphatic rings. The molecule has 1 saturated heterocycles. The number of anilines is 1. The number of pyridine rings is 1. The zero-order valence-corrected chi connectivity index (χ0v) is 14.9. The fourth-order valence-electron chi connectivity index (χ4n) is 2.79. The quantitative estimate of drug-likeness (QED) is 0.552. The van der Waals surface area contributed by atoms with E-state index in [9.17, 15) is 4.79 Å². The van der Waals surface area contributed by atoms with Crippen LogP contribution in [0.2, 0.25) is 0 Å². The van der Waals surface area contributed by atoms with Gasteiger partial charge in [-0.05, 0) is 31.9 Å². The first-order valence-electron chi connectivity index (χ1n) is 8.40. The van der Waals surface area contributed by atoms with Crippen molar-refractivity contribution in [3.05, 3.63) is 24.5 Å². The molecule has 24 heavy (non-hydrogen) atoms. The summed E-state index contributed by atoms with van der Waals surface area (Å²) in [7, 11) is 1.72. The van der Waals surface area contributed by atoms with Crippen molar-refractivity contribution in [2.45, 2.75) is 32.9 Å². The van der Waals surface area contributed by atoms with Crippen molar-refractivity contribution < 1.29 is 4.79 Å². The second kappa shape index (κ2) is 8.63. The summed E-state index contributed by atoms with van der Waals surface area (Å²) in [6, 6.07) is 4.46. The van der Waals surface area contributed by atoms with Crippen molar-refractivity contribution in [2.75, 3.05) is 32.0 Å². The Balaban J connectivity index is 1.79. The largest absolute Gasteiger partial charge is 0.352 e. The van der Waals surface area contributed by atoms with E-state index in [1.54, 1.807) is 31.6 Å². The van der Waals surface area contributed by atoms with Gasteiger partial charge in [-0.15, -0.1) is 0 Å². The number of amides is 1. The number of likely N-dealkylation sites (tertiary alicyclic amines) is 1. The average molecular weight is 332 g/mol. The van der Waals surface area contributed by atoms with Gasteiger partial charge in [0.25, 0.3) is 0 Å². The maximum Gasteiger partial charge on any atom is 0.243 e. The maximum absolute atomic E-state index is 12.0. The van der Waals surface area contributed by atoms with Crippen LogP contribution in [0.25, 0.3) is 0 Å². The minimum absolute atomic E-state index is 0.130. The summed E-state index contributed by atoms with van der Waals surface area (Å²) in [5.41, 5.74) is 0.684. The molecular weight excluding hydrogens is 304 g/mol. The number of carbonyl (C=O) groups is 1. The minimum atomic E-state index is -0.130. The van der Waals surface area contributed by atoms with Crippen molar-refractivity contribution in [1.29, 1.82) is 0 Å². The van der Waals surface area contributed by atoms with E-state index < -0.39 is 0 Å². The average Bonchev–Trinajstić information content (AvgIpc) is 2.93. The summed E-state index contributed by atoms with van der Waals surface area (Å²) in [6.07, 6.45) is 3.29. The number of hydrogen-bond donors (Lipinski definition) is 3. The summed E-state index contributed by atoms with van der Waals surface area (Å²) in [5, 5.41) is 9.28. The number of nitrogens with zero attached hydrogens (tertiary/aromatic N) is 3. The third-order valence-corrected chi connectivity index (χ3v) is 4.28. The third-order valence-electron chi connectivity index (χ3n) is 4.28. The lowest BCUT2D eigenvalue weighted by molar-refractivity contribution is -0.115. The number of rotatable bonds is 5. The second-order valence-electron chi connectivity index (χ2n) is 6.49. The fourth-order valence-corrected chi connectivity index (χ4v) is 2.79. The van der Waals surface area contributed by atoms with E-state index in [0.29, 0.717) is 29.6 Å². The SMILES string of the molecule is CN=C(NCC(=O)Nc1cccnc1)NC1CN(C(C)C)CC1C. The lowest BCUT2D eigenvalue weighted by atomic mass is 10.1. The van der Waals surface area contributed by atoms with Crippen LogP contribution >= 0.6 is 0 Å². The molecule has 3 N–H and O–H groups in total. The van der Waals surface area contributed by atoms with Gasteiger partial charge in [0, 0.05) is 38.4 Å². The zero-order valence-electron chi connectivity index (χ0n) is 14.9. The Morgan fingerprint density at radius 2 is 2.25 bits per heavy atom. The normalized spacial score (nSPS) is 21.8. The van der Waals surface area contributed by atoms with Gasteiger partial charge < -0.3 is 16.0 Å². The molecule has 0 spiro atoms. The Morgan fingerprint density at radius 1 is 1.46 bits per heavy atom. The Bertz CT molecular complexity index is 559. The van der Waals surface area contributed by atoms with Crippen LogP contribution in [0.5, 0.6) is 0 Å². The molecule has 0 bridgehead atoms. The Kier molecular flexibility index (Phi) is 6.54. The summed E-state index contributed by atoms with van der Waals surface area (Å²) < 4.78 is 0. The van der Waals surface area contributed by atoms with E-state index in [1.807, 2.05) is 0 Å². The maximum atomic E-state index is 12.0. The number of aromatic nitrogens is 1. The molecule has 0 aliphatic carbocycles. The molecule has 1 aliphatic heterocycles. The van der Waals surface area contributed by atoms with Crippen molar-refractivity contribution in [3.8, 4) is 0 Å².